The predicted octanol–water partition coefficient (Wildman–Crippen LogP) is 3.45. The Morgan fingerprint density at radius 1 is 1.21 bits per heavy atom. The van der Waals surface area contributed by atoms with Crippen molar-refractivity contribution < 1.29 is 4.74 Å². The van der Waals surface area contributed by atoms with Gasteiger partial charge in [0.25, 0.3) is 0 Å². The molecule has 0 bridgehead atoms. The second-order valence-electron chi connectivity index (χ2n) is 4.37. The number of methoxy groups -OCH3 is 1. The zero-order valence-corrected chi connectivity index (χ0v) is 12.7. The van der Waals surface area contributed by atoms with Crippen molar-refractivity contribution >= 4 is 15.9 Å². The maximum atomic E-state index is 5.24. The Morgan fingerprint density at radius 3 is 2.79 bits per heavy atom. The number of rotatable bonds is 5. The van der Waals surface area contributed by atoms with Gasteiger partial charge in [-0.25, -0.2) is 0 Å². The number of ether oxygens (including phenoxy) is 1. The molecular formula is C15H17BrN2O. The number of hydrogen-bond donors (Lipinski definition) is 1. The normalized spacial score (nSPS) is 10.5. The second-order valence-corrected chi connectivity index (χ2v) is 5.29. The summed E-state index contributed by atoms with van der Waals surface area (Å²) >= 11 is 3.47. The summed E-state index contributed by atoms with van der Waals surface area (Å²) in [7, 11) is 1.67. The van der Waals surface area contributed by atoms with E-state index >= 15 is 0 Å². The van der Waals surface area contributed by atoms with Crippen molar-refractivity contribution in [1.82, 2.24) is 10.3 Å². The van der Waals surface area contributed by atoms with Gasteiger partial charge in [0.2, 0.25) is 0 Å². The van der Waals surface area contributed by atoms with Crippen LogP contribution >= 0.6 is 15.9 Å². The van der Waals surface area contributed by atoms with Crippen molar-refractivity contribution in [3.63, 3.8) is 0 Å². The molecule has 1 aromatic carbocycles. The molecule has 19 heavy (non-hydrogen) atoms. The van der Waals surface area contributed by atoms with Crippen molar-refractivity contribution in [2.45, 2.75) is 20.0 Å². The van der Waals surface area contributed by atoms with Crippen LogP contribution in [0.5, 0.6) is 5.75 Å². The Hall–Kier alpha value is -1.39. The molecular weight excluding hydrogens is 304 g/mol. The minimum atomic E-state index is 0.727. The lowest BCUT2D eigenvalue weighted by Gasteiger charge is -2.08. The molecule has 4 heteroatoms. The number of halogens is 1. The monoisotopic (exact) mass is 320 g/mol. The predicted molar refractivity (Wildman–Crippen MR) is 80.2 cm³/mol. The minimum Gasteiger partial charge on any atom is -0.497 e. The lowest BCUT2D eigenvalue weighted by molar-refractivity contribution is 0.412. The second kappa shape index (κ2) is 6.68. The molecule has 2 rings (SSSR count). The summed E-state index contributed by atoms with van der Waals surface area (Å²) < 4.78 is 6.34. The molecule has 0 fully saturated rings. The molecule has 1 N–H and O–H groups in total. The van der Waals surface area contributed by atoms with Crippen LogP contribution in [0.2, 0.25) is 0 Å². The Kier molecular flexibility index (Phi) is 4.93. The van der Waals surface area contributed by atoms with Crippen LogP contribution in [-0.2, 0) is 13.1 Å². The standard InChI is InChI=1S/C15H17BrN2O/c1-11-6-15(19-2)8-14(18-11)10-17-9-12-4-3-5-13(16)7-12/h3-8,17H,9-10H2,1-2H3. The fraction of sp³-hybridized carbons (Fsp3) is 0.267. The average Bonchev–Trinajstić information content (AvgIpc) is 2.38. The van der Waals surface area contributed by atoms with E-state index in [1.165, 1.54) is 5.56 Å². The first-order chi connectivity index (χ1) is 9.17. The summed E-state index contributed by atoms with van der Waals surface area (Å²) in [6, 6.07) is 12.2. The van der Waals surface area contributed by atoms with Crippen molar-refractivity contribution in [2.24, 2.45) is 0 Å². The highest BCUT2D eigenvalue weighted by atomic mass is 79.9. The summed E-state index contributed by atoms with van der Waals surface area (Å²) in [5, 5.41) is 3.38. The Morgan fingerprint density at radius 2 is 2.05 bits per heavy atom. The molecule has 0 unspecified atom stereocenters. The first kappa shape index (κ1) is 14.0. The van der Waals surface area contributed by atoms with E-state index in [0.29, 0.717) is 0 Å². The number of hydrogen-bond acceptors (Lipinski definition) is 3. The van der Waals surface area contributed by atoms with Gasteiger partial charge < -0.3 is 10.1 Å². The van der Waals surface area contributed by atoms with Crippen LogP contribution in [0.15, 0.2) is 40.9 Å². The molecule has 0 aliphatic carbocycles. The third-order valence-corrected chi connectivity index (χ3v) is 3.23. The summed E-state index contributed by atoms with van der Waals surface area (Å²) in [6.07, 6.45) is 0. The van der Waals surface area contributed by atoms with Crippen LogP contribution in [0, 0.1) is 6.92 Å². The molecule has 3 nitrogen and oxygen atoms in total. The van der Waals surface area contributed by atoms with Gasteiger partial charge in [0, 0.05) is 35.4 Å². The lowest BCUT2D eigenvalue weighted by atomic mass is 10.2. The van der Waals surface area contributed by atoms with Gasteiger partial charge in [-0.1, -0.05) is 28.1 Å². The number of nitrogens with zero attached hydrogens (tertiary/aromatic N) is 1. The van der Waals surface area contributed by atoms with Gasteiger partial charge in [-0.3, -0.25) is 4.98 Å². The van der Waals surface area contributed by atoms with E-state index in [0.717, 1.165) is 34.7 Å². The fourth-order valence-electron chi connectivity index (χ4n) is 1.89. The van der Waals surface area contributed by atoms with Crippen LogP contribution in [0.3, 0.4) is 0 Å². The molecule has 0 saturated heterocycles. The fourth-order valence-corrected chi connectivity index (χ4v) is 2.34. The van der Waals surface area contributed by atoms with Gasteiger partial charge in [0.15, 0.2) is 0 Å². The first-order valence-electron chi connectivity index (χ1n) is 6.14. The molecule has 0 saturated carbocycles. The van der Waals surface area contributed by atoms with E-state index in [1.807, 2.05) is 31.2 Å². The number of nitrogens with one attached hydrogen (secondary N) is 1. The summed E-state index contributed by atoms with van der Waals surface area (Å²) in [5.41, 5.74) is 3.21. The van der Waals surface area contributed by atoms with Gasteiger partial charge >= 0.3 is 0 Å². The maximum Gasteiger partial charge on any atom is 0.122 e. The third-order valence-electron chi connectivity index (χ3n) is 2.74. The molecule has 100 valence electrons. The Bertz CT molecular complexity index is 558. The zero-order valence-electron chi connectivity index (χ0n) is 11.1. The van der Waals surface area contributed by atoms with Gasteiger partial charge in [-0.05, 0) is 24.6 Å². The number of aromatic nitrogens is 1. The smallest absolute Gasteiger partial charge is 0.122 e. The van der Waals surface area contributed by atoms with E-state index in [2.05, 4.69) is 38.4 Å². The zero-order chi connectivity index (χ0) is 13.7. The highest BCUT2D eigenvalue weighted by molar-refractivity contribution is 9.10. The number of benzene rings is 1. The van der Waals surface area contributed by atoms with Crippen molar-refractivity contribution in [3.8, 4) is 5.75 Å². The quantitative estimate of drug-likeness (QED) is 0.916. The van der Waals surface area contributed by atoms with Gasteiger partial charge in [-0.2, -0.15) is 0 Å². The van der Waals surface area contributed by atoms with Crippen molar-refractivity contribution in [3.05, 3.63) is 57.8 Å². The van der Waals surface area contributed by atoms with Crippen LogP contribution in [0.4, 0.5) is 0 Å². The number of pyridine rings is 1. The highest BCUT2D eigenvalue weighted by Crippen LogP contribution is 2.14. The first-order valence-corrected chi connectivity index (χ1v) is 6.93. The summed E-state index contributed by atoms with van der Waals surface area (Å²) in [6.45, 7) is 3.52. The van der Waals surface area contributed by atoms with Gasteiger partial charge in [0.1, 0.15) is 5.75 Å². The van der Waals surface area contributed by atoms with E-state index in [-0.39, 0.29) is 0 Å². The third kappa shape index (κ3) is 4.33. The maximum absolute atomic E-state index is 5.24. The summed E-state index contributed by atoms with van der Waals surface area (Å²) in [5.74, 6) is 0.853. The molecule has 0 spiro atoms. The van der Waals surface area contributed by atoms with Crippen molar-refractivity contribution in [1.29, 1.82) is 0 Å². The van der Waals surface area contributed by atoms with Crippen LogP contribution in [0.1, 0.15) is 17.0 Å². The van der Waals surface area contributed by atoms with Crippen LogP contribution in [0.25, 0.3) is 0 Å². The summed E-state index contributed by atoms with van der Waals surface area (Å²) in [4.78, 5) is 4.48. The molecule has 2 aromatic rings. The molecule has 1 heterocycles. The van der Waals surface area contributed by atoms with Crippen LogP contribution < -0.4 is 10.1 Å². The minimum absolute atomic E-state index is 0.727. The van der Waals surface area contributed by atoms with E-state index in [9.17, 15) is 0 Å². The van der Waals surface area contributed by atoms with E-state index < -0.39 is 0 Å². The SMILES string of the molecule is COc1cc(C)nc(CNCc2cccc(Br)c2)c1. The molecule has 0 radical (unpaired) electrons. The lowest BCUT2D eigenvalue weighted by Crippen LogP contribution is -2.14. The highest BCUT2D eigenvalue weighted by Gasteiger charge is 2.01. The number of aryl methyl sites for hydroxylation is 1. The molecule has 0 aliphatic rings. The van der Waals surface area contributed by atoms with Crippen molar-refractivity contribution in [2.75, 3.05) is 7.11 Å². The van der Waals surface area contributed by atoms with Gasteiger partial charge in [-0.15, -0.1) is 0 Å². The van der Waals surface area contributed by atoms with Crippen LogP contribution in [-0.4, -0.2) is 12.1 Å². The molecule has 1 aromatic heterocycles. The molecule has 0 atom stereocenters. The van der Waals surface area contributed by atoms with E-state index in [1.54, 1.807) is 7.11 Å². The van der Waals surface area contributed by atoms with E-state index in [4.69, 9.17) is 4.74 Å². The molecule has 0 aliphatic heterocycles. The Balaban J connectivity index is 1.94. The molecule has 0 amide bonds. The van der Waals surface area contributed by atoms with Gasteiger partial charge in [0.05, 0.1) is 12.8 Å². The average molecular weight is 321 g/mol. The topological polar surface area (TPSA) is 34.1 Å². The largest absolute Gasteiger partial charge is 0.497 e. The Labute approximate surface area is 122 Å².